The maximum atomic E-state index is 2.29. The van der Waals surface area contributed by atoms with Gasteiger partial charge in [-0.1, -0.05) is 180 Å². The van der Waals surface area contributed by atoms with Crippen molar-refractivity contribution in [2.45, 2.75) is 207 Å². The monoisotopic (exact) mass is 663 g/mol. The second-order valence-electron chi connectivity index (χ2n) is 13.4. The summed E-state index contributed by atoms with van der Waals surface area (Å²) in [7, 11) is 0. The fraction of sp³-hybridized carbons (Fsp3) is 0.762. The lowest BCUT2D eigenvalue weighted by Crippen LogP contribution is -3.00. The Labute approximate surface area is 293 Å². The topological polar surface area (TPSA) is 7.76 Å². The number of hydrogen-bond donors (Lipinski definition) is 0. The first kappa shape index (κ1) is 46.6. The van der Waals surface area contributed by atoms with E-state index in [-0.39, 0.29) is 17.1 Å². The zero-order valence-corrected chi connectivity index (χ0v) is 31.4. The number of aromatic nitrogens is 2. The van der Waals surface area contributed by atoms with Gasteiger partial charge in [-0.05, 0) is 12.8 Å². The second-order valence-corrected chi connectivity index (χ2v) is 13.4. The first-order chi connectivity index (χ1) is 21.9. The third-order valence-corrected chi connectivity index (χ3v) is 9.09. The number of unbranched alkanes of at least 4 members (excludes halogenated alkanes) is 26. The van der Waals surface area contributed by atoms with Gasteiger partial charge >= 0.3 is 0 Å². The second kappa shape index (κ2) is 39.7. The number of rotatable bonds is 30. The van der Waals surface area contributed by atoms with Gasteiger partial charge in [0, 0.05) is 37.1 Å². The van der Waals surface area contributed by atoms with Gasteiger partial charge in [0.25, 0.3) is 0 Å². The number of hydrogen-bond acceptors (Lipinski definition) is 0. The smallest absolute Gasteiger partial charge is 0.168 e. The van der Waals surface area contributed by atoms with Gasteiger partial charge in [-0.15, -0.1) is 0 Å². The fourth-order valence-electron chi connectivity index (χ4n) is 6.14. The van der Waals surface area contributed by atoms with Crippen molar-refractivity contribution in [3.63, 3.8) is 0 Å². The summed E-state index contributed by atoms with van der Waals surface area (Å²) in [6, 6.07) is 12.6. The summed E-state index contributed by atoms with van der Waals surface area (Å²) in [5.74, 6) is 0. The van der Waals surface area contributed by atoms with Gasteiger partial charge in [0.1, 0.15) is 13.1 Å². The summed E-state index contributed by atoms with van der Waals surface area (Å²) in [6.07, 6.45) is 48.8. The minimum absolute atomic E-state index is 0. The summed E-state index contributed by atoms with van der Waals surface area (Å²) in [5.41, 5.74) is 0. The molecule has 0 amide bonds. The van der Waals surface area contributed by atoms with Crippen molar-refractivity contribution in [2.75, 3.05) is 0 Å². The Balaban J connectivity index is 0. The van der Waals surface area contributed by atoms with E-state index in [1.54, 1.807) is 0 Å². The third kappa shape index (κ3) is 33.9. The van der Waals surface area contributed by atoms with Gasteiger partial charge < -0.3 is 17.1 Å². The molecule has 0 saturated heterocycles. The van der Waals surface area contributed by atoms with Crippen LogP contribution in [-0.2, 0) is 13.1 Å². The third-order valence-electron chi connectivity index (χ3n) is 9.09. The molecule has 46 heavy (non-hydrogen) atoms. The molecule has 0 radical (unpaired) electrons. The van der Waals surface area contributed by atoms with Gasteiger partial charge in [-0.2, -0.15) is 0 Å². The Morgan fingerprint density at radius 3 is 0.696 bits per heavy atom. The van der Waals surface area contributed by atoms with Crippen molar-refractivity contribution in [2.24, 2.45) is 0 Å². The lowest BCUT2D eigenvalue weighted by atomic mass is 10.0. The van der Waals surface area contributed by atoms with Gasteiger partial charge in [0.15, 0.2) is 24.8 Å². The number of nitrogens with zero attached hydrogens (tertiary/aromatic N) is 2. The van der Waals surface area contributed by atoms with Crippen LogP contribution in [0.2, 0.25) is 0 Å². The molecule has 0 fully saturated rings. The molecule has 2 aromatic rings. The predicted octanol–water partition coefficient (Wildman–Crippen LogP) is 6.92. The normalized spacial score (nSPS) is 10.5. The fourth-order valence-corrected chi connectivity index (χ4v) is 6.14. The minimum atomic E-state index is 0. The highest BCUT2D eigenvalue weighted by molar-refractivity contribution is 4.84. The molecular weight excluding hydrogens is 587 g/mol. The van der Waals surface area contributed by atoms with Crippen LogP contribution < -0.4 is 26.2 Å². The lowest BCUT2D eigenvalue weighted by Gasteiger charge is -2.02. The first-order valence-electron chi connectivity index (χ1n) is 19.7. The molecule has 268 valence electrons. The number of halogens is 2. The highest BCUT2D eigenvalue weighted by Crippen LogP contribution is 2.14. The average molecular weight is 664 g/mol. The minimum Gasteiger partial charge on any atom is -1.00 e. The Hall–Kier alpha value is -1.48. The van der Waals surface area contributed by atoms with Crippen LogP contribution in [-0.4, -0.2) is 0 Å². The van der Waals surface area contributed by atoms with Crippen molar-refractivity contribution in [3.8, 4) is 0 Å². The van der Waals surface area contributed by atoms with E-state index in [1.807, 2.05) is 0 Å². The zero-order chi connectivity index (χ0) is 31.4. The molecule has 0 atom stereocenters. The molecule has 0 bridgehead atoms. The average Bonchev–Trinajstić information content (AvgIpc) is 3.06. The molecule has 0 spiro atoms. The molecule has 2 nitrogen and oxygen atoms in total. The van der Waals surface area contributed by atoms with E-state index < -0.39 is 0 Å². The molecule has 2 aromatic heterocycles. The summed E-state index contributed by atoms with van der Waals surface area (Å²) in [5, 5.41) is 0. The molecule has 0 aliphatic carbocycles. The molecule has 4 heteroatoms. The van der Waals surface area contributed by atoms with Gasteiger partial charge in [-0.25, -0.2) is 9.13 Å². The Morgan fingerprint density at radius 2 is 0.478 bits per heavy atom. The standard InChI is InChI=1S/2C21H38N.ClH.FH/c2*1-2-3-4-5-6-7-8-9-10-11-12-13-14-16-19-22-20-17-15-18-21-22;;/h2*15,17-18,20-21H,2-14,16,19H2,1H3;2*1H/q2*+1;;/p-2. The van der Waals surface area contributed by atoms with Crippen LogP contribution in [0.15, 0.2) is 61.2 Å². The Bertz CT molecular complexity index is 721. The summed E-state index contributed by atoms with van der Waals surface area (Å²) in [6.45, 7) is 6.94. The van der Waals surface area contributed by atoms with Crippen LogP contribution in [0.1, 0.15) is 194 Å². The quantitative estimate of drug-likeness (QED) is 0.0634. The van der Waals surface area contributed by atoms with Crippen LogP contribution >= 0.6 is 0 Å². The highest BCUT2D eigenvalue weighted by Gasteiger charge is 1.99. The Kier molecular flexibility index (Phi) is 40.2. The van der Waals surface area contributed by atoms with Crippen LogP contribution in [0.3, 0.4) is 0 Å². The van der Waals surface area contributed by atoms with Crippen LogP contribution in [0.5, 0.6) is 0 Å². The van der Waals surface area contributed by atoms with Gasteiger partial charge in [0.05, 0.1) is 0 Å². The van der Waals surface area contributed by atoms with Crippen molar-refractivity contribution < 1.29 is 26.2 Å². The SMILES string of the molecule is CCCCCCCCCCCCCCCC[n+]1ccccc1.CCCCCCCCCCCCCCCC[n+]1ccccc1.[Cl-].[F-]. The molecule has 0 aliphatic heterocycles. The molecular formula is C42H76ClFN2. The van der Waals surface area contributed by atoms with Gasteiger partial charge in [-0.3, -0.25) is 0 Å². The molecule has 2 rings (SSSR count). The summed E-state index contributed by atoms with van der Waals surface area (Å²) in [4.78, 5) is 0. The van der Waals surface area contributed by atoms with E-state index in [2.05, 4.69) is 84.2 Å². The van der Waals surface area contributed by atoms with Crippen molar-refractivity contribution in [3.05, 3.63) is 61.2 Å². The maximum Gasteiger partial charge on any atom is 0.168 e. The molecule has 0 aliphatic rings. The van der Waals surface area contributed by atoms with Crippen LogP contribution in [0.4, 0.5) is 0 Å². The van der Waals surface area contributed by atoms with Crippen LogP contribution in [0.25, 0.3) is 0 Å². The van der Waals surface area contributed by atoms with E-state index in [1.165, 1.54) is 193 Å². The maximum absolute atomic E-state index is 2.29. The highest BCUT2D eigenvalue weighted by atomic mass is 35.5. The first-order valence-corrected chi connectivity index (χ1v) is 19.7. The summed E-state index contributed by atoms with van der Waals surface area (Å²) < 4.78 is 4.58. The number of pyridine rings is 2. The molecule has 0 aromatic carbocycles. The lowest BCUT2D eigenvalue weighted by molar-refractivity contribution is -0.697. The van der Waals surface area contributed by atoms with Gasteiger partial charge in [0.2, 0.25) is 0 Å². The van der Waals surface area contributed by atoms with E-state index in [9.17, 15) is 0 Å². The molecule has 0 N–H and O–H groups in total. The molecule has 0 unspecified atom stereocenters. The zero-order valence-electron chi connectivity index (χ0n) is 30.6. The van der Waals surface area contributed by atoms with E-state index in [0.717, 1.165) is 0 Å². The predicted molar refractivity (Wildman–Crippen MR) is 194 cm³/mol. The van der Waals surface area contributed by atoms with E-state index >= 15 is 0 Å². The van der Waals surface area contributed by atoms with Crippen LogP contribution in [0, 0.1) is 0 Å². The summed E-state index contributed by atoms with van der Waals surface area (Å²) >= 11 is 0. The van der Waals surface area contributed by atoms with E-state index in [4.69, 9.17) is 0 Å². The van der Waals surface area contributed by atoms with Crippen molar-refractivity contribution in [1.29, 1.82) is 0 Å². The number of aryl methyl sites for hydroxylation is 2. The van der Waals surface area contributed by atoms with Crippen molar-refractivity contribution in [1.82, 2.24) is 0 Å². The largest absolute Gasteiger partial charge is 1.00 e. The Morgan fingerprint density at radius 1 is 0.283 bits per heavy atom. The van der Waals surface area contributed by atoms with E-state index in [0.29, 0.717) is 0 Å². The van der Waals surface area contributed by atoms with Crippen molar-refractivity contribution >= 4 is 0 Å². The molecule has 0 saturated carbocycles. The molecule has 2 heterocycles.